The Morgan fingerprint density at radius 2 is 2.47 bits per heavy atom. The van der Waals surface area contributed by atoms with Crippen molar-refractivity contribution in [3.63, 3.8) is 0 Å². The molecule has 1 fully saturated rings. The van der Waals surface area contributed by atoms with Crippen molar-refractivity contribution in [2.45, 2.75) is 31.4 Å². The zero-order valence-electron chi connectivity index (χ0n) is 9.98. The lowest BCUT2D eigenvalue weighted by atomic mass is 9.80. The maximum atomic E-state index is 11.7. The molecule has 0 aliphatic heterocycles. The maximum absolute atomic E-state index is 11.7. The van der Waals surface area contributed by atoms with Crippen molar-refractivity contribution >= 4 is 11.6 Å². The molecule has 1 saturated carbocycles. The van der Waals surface area contributed by atoms with Crippen LogP contribution in [0.1, 0.15) is 19.3 Å². The molecule has 1 aromatic heterocycles. The van der Waals surface area contributed by atoms with Crippen LogP contribution < -0.4 is 11.1 Å². The topological polar surface area (TPSA) is 82.2 Å². The minimum absolute atomic E-state index is 0.0728. The molecule has 17 heavy (non-hydrogen) atoms. The van der Waals surface area contributed by atoms with Crippen molar-refractivity contribution in [2.24, 2.45) is 0 Å². The molecule has 1 aliphatic rings. The van der Waals surface area contributed by atoms with E-state index in [1.165, 1.54) is 17.3 Å². The molecule has 0 saturated heterocycles. The highest BCUT2D eigenvalue weighted by Crippen LogP contribution is 2.34. The Morgan fingerprint density at radius 1 is 1.71 bits per heavy atom. The third-order valence-electron chi connectivity index (χ3n) is 3.26. The highest BCUT2D eigenvalue weighted by atomic mass is 16.5. The van der Waals surface area contributed by atoms with Gasteiger partial charge in [0.05, 0.1) is 17.5 Å². The van der Waals surface area contributed by atoms with Gasteiger partial charge in [0, 0.05) is 19.9 Å². The molecule has 0 bridgehead atoms. The van der Waals surface area contributed by atoms with Gasteiger partial charge in [-0.3, -0.25) is 9.48 Å². The largest absolute Gasteiger partial charge is 0.396 e. The number of methoxy groups -OCH3 is 1. The van der Waals surface area contributed by atoms with Crippen molar-refractivity contribution in [2.75, 3.05) is 19.4 Å². The molecule has 0 atom stereocenters. The van der Waals surface area contributed by atoms with Gasteiger partial charge in [-0.2, -0.15) is 5.10 Å². The number of rotatable bonds is 5. The summed E-state index contributed by atoms with van der Waals surface area (Å²) < 4.78 is 6.94. The van der Waals surface area contributed by atoms with Crippen molar-refractivity contribution in [3.8, 4) is 0 Å². The van der Waals surface area contributed by atoms with Gasteiger partial charge in [0.1, 0.15) is 6.54 Å². The first-order valence-electron chi connectivity index (χ1n) is 5.73. The fourth-order valence-corrected chi connectivity index (χ4v) is 1.95. The van der Waals surface area contributed by atoms with Crippen molar-refractivity contribution in [3.05, 3.63) is 12.4 Å². The minimum Gasteiger partial charge on any atom is -0.396 e. The molecule has 0 radical (unpaired) electrons. The summed E-state index contributed by atoms with van der Waals surface area (Å²) in [5.41, 5.74) is 5.93. The third-order valence-corrected chi connectivity index (χ3v) is 3.26. The van der Waals surface area contributed by atoms with Crippen LogP contribution in [0.5, 0.6) is 0 Å². The van der Waals surface area contributed by atoms with Gasteiger partial charge in [-0.1, -0.05) is 0 Å². The smallest absolute Gasteiger partial charge is 0.241 e. The van der Waals surface area contributed by atoms with E-state index in [4.69, 9.17) is 10.5 Å². The van der Waals surface area contributed by atoms with E-state index in [9.17, 15) is 4.79 Å². The number of anilines is 1. The van der Waals surface area contributed by atoms with Crippen molar-refractivity contribution in [1.82, 2.24) is 15.1 Å². The molecule has 6 heteroatoms. The normalized spacial score (nSPS) is 17.5. The van der Waals surface area contributed by atoms with Gasteiger partial charge in [0.2, 0.25) is 5.91 Å². The van der Waals surface area contributed by atoms with E-state index in [-0.39, 0.29) is 18.1 Å². The summed E-state index contributed by atoms with van der Waals surface area (Å²) in [4.78, 5) is 11.7. The zero-order valence-corrected chi connectivity index (χ0v) is 9.98. The molecule has 1 amide bonds. The van der Waals surface area contributed by atoms with Gasteiger partial charge in [0.25, 0.3) is 0 Å². The third kappa shape index (κ3) is 2.76. The fraction of sp³-hybridized carbons (Fsp3) is 0.636. The Bertz CT molecular complexity index is 392. The summed E-state index contributed by atoms with van der Waals surface area (Å²) in [6.07, 6.45) is 6.35. The van der Waals surface area contributed by atoms with E-state index >= 15 is 0 Å². The van der Waals surface area contributed by atoms with E-state index in [1.807, 2.05) is 0 Å². The van der Waals surface area contributed by atoms with Crippen LogP contribution in [0.2, 0.25) is 0 Å². The number of ether oxygens (including phenoxy) is 1. The van der Waals surface area contributed by atoms with Crippen molar-refractivity contribution in [1.29, 1.82) is 0 Å². The molecule has 0 aromatic carbocycles. The summed E-state index contributed by atoms with van der Waals surface area (Å²) >= 11 is 0. The summed E-state index contributed by atoms with van der Waals surface area (Å²) in [6, 6.07) is 0. The second-order valence-electron chi connectivity index (χ2n) is 4.49. The van der Waals surface area contributed by atoms with E-state index in [0.717, 1.165) is 12.8 Å². The number of hydrogen-bond acceptors (Lipinski definition) is 4. The SMILES string of the molecule is COC1(CNC(=O)Cn2cc(N)cn2)CCC1. The van der Waals surface area contributed by atoms with E-state index < -0.39 is 0 Å². The lowest BCUT2D eigenvalue weighted by Gasteiger charge is -2.40. The van der Waals surface area contributed by atoms with E-state index in [0.29, 0.717) is 12.2 Å². The quantitative estimate of drug-likeness (QED) is 0.765. The molecule has 1 heterocycles. The summed E-state index contributed by atoms with van der Waals surface area (Å²) in [7, 11) is 1.69. The number of aromatic nitrogens is 2. The van der Waals surface area contributed by atoms with Gasteiger partial charge < -0.3 is 15.8 Å². The van der Waals surface area contributed by atoms with Crippen molar-refractivity contribution < 1.29 is 9.53 Å². The number of nitrogens with zero attached hydrogens (tertiary/aromatic N) is 2. The molecular formula is C11H18N4O2. The number of nitrogen functional groups attached to an aromatic ring is 1. The highest BCUT2D eigenvalue weighted by molar-refractivity contribution is 5.75. The molecule has 0 spiro atoms. The first-order valence-corrected chi connectivity index (χ1v) is 5.73. The summed E-state index contributed by atoms with van der Waals surface area (Å²) in [5, 5.41) is 6.82. The molecule has 2 rings (SSSR count). The predicted octanol–water partition coefficient (Wildman–Crippen LogP) is 0.151. The molecular weight excluding hydrogens is 220 g/mol. The number of amides is 1. The number of nitrogens with one attached hydrogen (secondary N) is 1. The fourth-order valence-electron chi connectivity index (χ4n) is 1.95. The predicted molar refractivity (Wildman–Crippen MR) is 63.2 cm³/mol. The van der Waals surface area contributed by atoms with Gasteiger partial charge >= 0.3 is 0 Å². The lowest BCUT2D eigenvalue weighted by Crippen LogP contribution is -2.49. The molecule has 1 aliphatic carbocycles. The average molecular weight is 238 g/mol. The van der Waals surface area contributed by atoms with E-state index in [1.54, 1.807) is 13.3 Å². The lowest BCUT2D eigenvalue weighted by molar-refractivity contribution is -0.125. The van der Waals surface area contributed by atoms with Crippen LogP contribution in [0, 0.1) is 0 Å². The van der Waals surface area contributed by atoms with E-state index in [2.05, 4.69) is 10.4 Å². The first-order chi connectivity index (χ1) is 8.13. The van der Waals surface area contributed by atoms with Crippen LogP contribution in [0.3, 0.4) is 0 Å². The zero-order chi connectivity index (χ0) is 12.3. The number of nitrogens with two attached hydrogens (primary N) is 1. The number of hydrogen-bond donors (Lipinski definition) is 2. The molecule has 3 N–H and O–H groups in total. The standard InChI is InChI=1S/C11H18N4O2/c1-17-11(3-2-4-11)8-13-10(16)7-15-6-9(12)5-14-15/h5-6H,2-4,7-8,12H2,1H3,(H,13,16). The minimum atomic E-state index is -0.140. The van der Waals surface area contributed by atoms with Gasteiger partial charge in [0.15, 0.2) is 0 Å². The number of carbonyl (C=O) groups is 1. The molecule has 94 valence electrons. The Balaban J connectivity index is 1.78. The first kappa shape index (κ1) is 11.9. The maximum Gasteiger partial charge on any atom is 0.241 e. The average Bonchev–Trinajstić information content (AvgIpc) is 2.63. The Morgan fingerprint density at radius 3 is 2.94 bits per heavy atom. The van der Waals surface area contributed by atoms with Crippen LogP contribution in [0.25, 0.3) is 0 Å². The van der Waals surface area contributed by atoms with Gasteiger partial charge in [-0.15, -0.1) is 0 Å². The van der Waals surface area contributed by atoms with Crippen LogP contribution in [0.4, 0.5) is 5.69 Å². The Kier molecular flexibility index (Phi) is 3.33. The second-order valence-corrected chi connectivity index (χ2v) is 4.49. The van der Waals surface area contributed by atoms with Crippen LogP contribution >= 0.6 is 0 Å². The Labute approximate surface area is 100 Å². The molecule has 1 aromatic rings. The van der Waals surface area contributed by atoms with Crippen LogP contribution in [-0.4, -0.2) is 34.9 Å². The van der Waals surface area contributed by atoms with Crippen LogP contribution in [-0.2, 0) is 16.1 Å². The molecule has 0 unspecified atom stereocenters. The van der Waals surface area contributed by atoms with Gasteiger partial charge in [-0.05, 0) is 19.3 Å². The van der Waals surface area contributed by atoms with Crippen LogP contribution in [0.15, 0.2) is 12.4 Å². The highest BCUT2D eigenvalue weighted by Gasteiger charge is 2.37. The Hall–Kier alpha value is -1.56. The molecule has 6 nitrogen and oxygen atoms in total. The summed E-state index contributed by atoms with van der Waals surface area (Å²) in [5.74, 6) is -0.0728. The number of carbonyl (C=O) groups excluding carboxylic acids is 1. The second kappa shape index (κ2) is 4.75. The summed E-state index contributed by atoms with van der Waals surface area (Å²) in [6.45, 7) is 0.760. The monoisotopic (exact) mass is 238 g/mol. The van der Waals surface area contributed by atoms with Gasteiger partial charge in [-0.25, -0.2) is 0 Å².